The first kappa shape index (κ1) is 13.1. The molecule has 1 aliphatic carbocycles. The van der Waals surface area contributed by atoms with E-state index in [-0.39, 0.29) is 6.10 Å². The van der Waals surface area contributed by atoms with Crippen molar-refractivity contribution in [2.45, 2.75) is 45.6 Å². The molecule has 20 heavy (non-hydrogen) atoms. The first-order valence-corrected chi connectivity index (χ1v) is 7.38. The number of nitrogens with one attached hydrogen (secondary N) is 2. The summed E-state index contributed by atoms with van der Waals surface area (Å²) in [5.74, 6) is 2.00. The van der Waals surface area contributed by atoms with Crippen LogP contribution in [0.25, 0.3) is 11.2 Å². The van der Waals surface area contributed by atoms with Crippen molar-refractivity contribution >= 4 is 17.1 Å². The van der Waals surface area contributed by atoms with Crippen LogP contribution in [-0.4, -0.2) is 32.6 Å². The smallest absolute Gasteiger partial charge is 0.245 e. The number of hydrogen-bond donors (Lipinski definition) is 2. The van der Waals surface area contributed by atoms with Gasteiger partial charge < -0.3 is 15.0 Å². The summed E-state index contributed by atoms with van der Waals surface area (Å²) in [5, 5.41) is 3.12. The van der Waals surface area contributed by atoms with Gasteiger partial charge in [-0.1, -0.05) is 6.92 Å². The molecule has 0 aliphatic heterocycles. The summed E-state index contributed by atoms with van der Waals surface area (Å²) >= 11 is 0. The van der Waals surface area contributed by atoms with Crippen molar-refractivity contribution in [3.8, 4) is 5.88 Å². The van der Waals surface area contributed by atoms with E-state index in [0.717, 1.165) is 30.8 Å². The standard InChI is InChI=1S/C14H21N5O/c1-3-15-14-18-12-11(16-8-17-12)13(19-14)20-10-6-4-9(2)5-7-10/h8-10H,3-7H2,1-2H3,(H2,15,16,17,18,19). The van der Waals surface area contributed by atoms with Crippen molar-refractivity contribution in [1.29, 1.82) is 0 Å². The molecule has 0 saturated heterocycles. The fourth-order valence-corrected chi connectivity index (χ4v) is 2.63. The lowest BCUT2D eigenvalue weighted by atomic mass is 9.89. The molecule has 0 unspecified atom stereocenters. The lowest BCUT2D eigenvalue weighted by molar-refractivity contribution is 0.132. The summed E-state index contributed by atoms with van der Waals surface area (Å²) in [6, 6.07) is 0. The van der Waals surface area contributed by atoms with Gasteiger partial charge in [-0.25, -0.2) is 4.98 Å². The zero-order valence-corrected chi connectivity index (χ0v) is 12.0. The summed E-state index contributed by atoms with van der Waals surface area (Å²) in [4.78, 5) is 16.1. The average Bonchev–Trinajstić information content (AvgIpc) is 2.90. The van der Waals surface area contributed by atoms with Gasteiger partial charge in [0, 0.05) is 6.54 Å². The van der Waals surface area contributed by atoms with E-state index in [1.54, 1.807) is 6.33 Å². The quantitative estimate of drug-likeness (QED) is 0.897. The fraction of sp³-hybridized carbons (Fsp3) is 0.643. The van der Waals surface area contributed by atoms with Gasteiger partial charge in [-0.2, -0.15) is 9.97 Å². The highest BCUT2D eigenvalue weighted by atomic mass is 16.5. The van der Waals surface area contributed by atoms with Crippen LogP contribution in [0.2, 0.25) is 0 Å². The minimum atomic E-state index is 0.252. The second-order valence-corrected chi connectivity index (χ2v) is 5.48. The molecule has 0 radical (unpaired) electrons. The Labute approximate surface area is 118 Å². The van der Waals surface area contributed by atoms with Crippen LogP contribution in [0.1, 0.15) is 39.5 Å². The third-order valence-electron chi connectivity index (χ3n) is 3.83. The Morgan fingerprint density at radius 1 is 1.30 bits per heavy atom. The Hall–Kier alpha value is -1.85. The lowest BCUT2D eigenvalue weighted by Crippen LogP contribution is -2.23. The molecule has 2 N–H and O–H groups in total. The zero-order chi connectivity index (χ0) is 13.9. The minimum Gasteiger partial charge on any atom is -0.473 e. The molecule has 1 aliphatic rings. The molecule has 0 amide bonds. The van der Waals surface area contributed by atoms with Crippen molar-refractivity contribution in [2.75, 3.05) is 11.9 Å². The van der Waals surface area contributed by atoms with Crippen molar-refractivity contribution in [2.24, 2.45) is 5.92 Å². The van der Waals surface area contributed by atoms with Crippen LogP contribution >= 0.6 is 0 Å². The SMILES string of the molecule is CCNc1nc(OC2CCC(C)CC2)c2[nH]cnc2n1. The Kier molecular flexibility index (Phi) is 3.71. The third kappa shape index (κ3) is 2.69. The molecule has 2 heterocycles. The van der Waals surface area contributed by atoms with Crippen LogP contribution in [0.3, 0.4) is 0 Å². The molecule has 6 nitrogen and oxygen atoms in total. The number of rotatable bonds is 4. The number of nitrogens with zero attached hydrogens (tertiary/aromatic N) is 3. The minimum absolute atomic E-state index is 0.252. The van der Waals surface area contributed by atoms with Gasteiger partial charge in [-0.3, -0.25) is 0 Å². The zero-order valence-electron chi connectivity index (χ0n) is 12.0. The maximum Gasteiger partial charge on any atom is 0.245 e. The molecule has 1 fully saturated rings. The van der Waals surface area contributed by atoms with Crippen LogP contribution in [0.5, 0.6) is 5.88 Å². The number of H-pyrrole nitrogens is 1. The molecule has 2 aromatic rings. The number of aromatic amines is 1. The number of aromatic nitrogens is 4. The Morgan fingerprint density at radius 3 is 2.85 bits per heavy atom. The molecule has 0 spiro atoms. The van der Waals surface area contributed by atoms with E-state index in [9.17, 15) is 0 Å². The molecule has 6 heteroatoms. The highest BCUT2D eigenvalue weighted by molar-refractivity contribution is 5.76. The summed E-state index contributed by atoms with van der Waals surface area (Å²) in [7, 11) is 0. The van der Waals surface area contributed by atoms with Gasteiger partial charge in [0.05, 0.1) is 6.33 Å². The molecule has 0 aromatic carbocycles. The first-order valence-electron chi connectivity index (χ1n) is 7.38. The van der Waals surface area contributed by atoms with E-state index in [4.69, 9.17) is 4.74 Å². The van der Waals surface area contributed by atoms with E-state index < -0.39 is 0 Å². The molecular formula is C14H21N5O. The lowest BCUT2D eigenvalue weighted by Gasteiger charge is -2.26. The van der Waals surface area contributed by atoms with Gasteiger partial charge in [0.15, 0.2) is 5.65 Å². The topological polar surface area (TPSA) is 75.7 Å². The number of imidazole rings is 1. The maximum absolute atomic E-state index is 6.10. The molecular weight excluding hydrogens is 254 g/mol. The van der Waals surface area contributed by atoms with E-state index in [1.807, 2.05) is 6.92 Å². The van der Waals surface area contributed by atoms with Crippen LogP contribution in [-0.2, 0) is 0 Å². The van der Waals surface area contributed by atoms with Gasteiger partial charge in [-0.05, 0) is 38.5 Å². The van der Waals surface area contributed by atoms with Gasteiger partial charge in [0.2, 0.25) is 11.8 Å². The molecule has 108 valence electrons. The van der Waals surface area contributed by atoms with Gasteiger partial charge >= 0.3 is 0 Å². The van der Waals surface area contributed by atoms with E-state index >= 15 is 0 Å². The van der Waals surface area contributed by atoms with Gasteiger partial charge in [0.25, 0.3) is 0 Å². The number of hydrogen-bond acceptors (Lipinski definition) is 5. The summed E-state index contributed by atoms with van der Waals surface area (Å²) in [6.45, 7) is 5.09. The first-order chi connectivity index (χ1) is 9.76. The fourth-order valence-electron chi connectivity index (χ4n) is 2.63. The highest BCUT2D eigenvalue weighted by Crippen LogP contribution is 2.29. The normalized spacial score (nSPS) is 22.9. The summed E-state index contributed by atoms with van der Waals surface area (Å²) in [5.41, 5.74) is 1.43. The largest absolute Gasteiger partial charge is 0.473 e. The van der Waals surface area contributed by atoms with Crippen molar-refractivity contribution in [3.63, 3.8) is 0 Å². The van der Waals surface area contributed by atoms with Crippen LogP contribution < -0.4 is 10.1 Å². The third-order valence-corrected chi connectivity index (χ3v) is 3.83. The molecule has 0 bridgehead atoms. The van der Waals surface area contributed by atoms with Gasteiger partial charge in [0.1, 0.15) is 11.6 Å². The average molecular weight is 275 g/mol. The Bertz CT molecular complexity index is 574. The molecule has 2 aromatic heterocycles. The monoisotopic (exact) mass is 275 g/mol. The second-order valence-electron chi connectivity index (χ2n) is 5.48. The molecule has 3 rings (SSSR count). The summed E-state index contributed by atoms with van der Waals surface area (Å²) in [6.07, 6.45) is 6.52. The molecule has 0 atom stereocenters. The van der Waals surface area contributed by atoms with Crippen LogP contribution in [0, 0.1) is 5.92 Å². The van der Waals surface area contributed by atoms with Crippen molar-refractivity contribution in [1.82, 2.24) is 19.9 Å². The van der Waals surface area contributed by atoms with Crippen LogP contribution in [0.4, 0.5) is 5.95 Å². The predicted molar refractivity (Wildman–Crippen MR) is 77.9 cm³/mol. The second kappa shape index (κ2) is 5.64. The van der Waals surface area contributed by atoms with E-state index in [1.165, 1.54) is 12.8 Å². The Balaban J connectivity index is 1.83. The predicted octanol–water partition coefficient (Wildman–Crippen LogP) is 2.74. The van der Waals surface area contributed by atoms with Crippen molar-refractivity contribution in [3.05, 3.63) is 6.33 Å². The van der Waals surface area contributed by atoms with Crippen LogP contribution in [0.15, 0.2) is 6.33 Å². The van der Waals surface area contributed by atoms with Crippen molar-refractivity contribution < 1.29 is 4.74 Å². The summed E-state index contributed by atoms with van der Waals surface area (Å²) < 4.78 is 6.10. The van der Waals surface area contributed by atoms with E-state index in [2.05, 4.69) is 32.2 Å². The number of fused-ring (bicyclic) bond motifs is 1. The Morgan fingerprint density at radius 2 is 2.10 bits per heavy atom. The highest BCUT2D eigenvalue weighted by Gasteiger charge is 2.22. The van der Waals surface area contributed by atoms with Gasteiger partial charge in [-0.15, -0.1) is 0 Å². The molecule has 1 saturated carbocycles. The number of anilines is 1. The van der Waals surface area contributed by atoms with E-state index in [0.29, 0.717) is 17.5 Å². The number of ether oxygens (including phenoxy) is 1. The maximum atomic E-state index is 6.10.